The average Bonchev–Trinajstić information content (AvgIpc) is 2.93. The Morgan fingerprint density at radius 3 is 2.62 bits per heavy atom. The number of imidazole rings is 1. The summed E-state index contributed by atoms with van der Waals surface area (Å²) >= 11 is 0. The van der Waals surface area contributed by atoms with Crippen LogP contribution >= 0.6 is 0 Å². The number of piperidine rings is 1. The Bertz CT molecular complexity index is 541. The van der Waals surface area contributed by atoms with Crippen LogP contribution in [0.15, 0.2) is 42.7 Å². The molecule has 0 atom stereocenters. The maximum Gasteiger partial charge on any atom is 0.122 e. The first-order valence-corrected chi connectivity index (χ1v) is 7.77. The van der Waals surface area contributed by atoms with Gasteiger partial charge in [-0.3, -0.25) is 4.90 Å². The maximum absolute atomic E-state index is 4.36. The van der Waals surface area contributed by atoms with Gasteiger partial charge in [0.25, 0.3) is 0 Å². The van der Waals surface area contributed by atoms with Gasteiger partial charge in [0.15, 0.2) is 0 Å². The molecule has 21 heavy (non-hydrogen) atoms. The molecule has 0 saturated carbocycles. The van der Waals surface area contributed by atoms with Crippen molar-refractivity contribution in [3.05, 3.63) is 54.1 Å². The fourth-order valence-corrected chi connectivity index (χ4v) is 2.94. The fourth-order valence-electron chi connectivity index (χ4n) is 2.94. The van der Waals surface area contributed by atoms with Gasteiger partial charge in [-0.2, -0.15) is 0 Å². The summed E-state index contributed by atoms with van der Waals surface area (Å²) < 4.78 is 2.08. The molecule has 2 aromatic rings. The Kier molecular flexibility index (Phi) is 4.68. The van der Waals surface area contributed by atoms with E-state index in [1.165, 1.54) is 31.5 Å². The van der Waals surface area contributed by atoms with E-state index in [2.05, 4.69) is 50.1 Å². The van der Waals surface area contributed by atoms with E-state index in [0.29, 0.717) is 6.04 Å². The smallest absolute Gasteiger partial charge is 0.122 e. The highest BCUT2D eigenvalue weighted by Gasteiger charge is 2.19. The van der Waals surface area contributed by atoms with Crippen LogP contribution in [0.4, 0.5) is 0 Å². The molecule has 1 N–H and O–H groups in total. The molecule has 1 saturated heterocycles. The third-order valence-electron chi connectivity index (χ3n) is 4.31. The Morgan fingerprint density at radius 2 is 1.95 bits per heavy atom. The van der Waals surface area contributed by atoms with Crippen LogP contribution in [-0.4, -0.2) is 33.6 Å². The highest BCUT2D eigenvalue weighted by Crippen LogP contribution is 2.14. The molecular formula is C17H24N4. The van der Waals surface area contributed by atoms with Gasteiger partial charge in [0.05, 0.1) is 6.54 Å². The lowest BCUT2D eigenvalue weighted by molar-refractivity contribution is 0.189. The molecule has 0 unspecified atom stereocenters. The van der Waals surface area contributed by atoms with E-state index < -0.39 is 0 Å². The number of nitrogens with one attached hydrogen (secondary N) is 1. The lowest BCUT2D eigenvalue weighted by atomic mass is 10.0. The summed E-state index contributed by atoms with van der Waals surface area (Å²) in [5, 5.41) is 3.64. The van der Waals surface area contributed by atoms with Gasteiger partial charge >= 0.3 is 0 Å². The fraction of sp³-hybridized carbons (Fsp3) is 0.471. The topological polar surface area (TPSA) is 33.1 Å². The standard InChI is InChI=1S/C17H24N4/c1-20-12-9-18-17(20)13-19-16-7-10-21(11-8-16)14-15-5-3-2-4-6-15/h2-6,9,12,16,19H,7-8,10-11,13-14H2,1H3. The van der Waals surface area contributed by atoms with E-state index in [0.717, 1.165) is 18.9 Å². The Morgan fingerprint density at radius 1 is 1.19 bits per heavy atom. The molecule has 3 rings (SSSR count). The molecule has 1 fully saturated rings. The van der Waals surface area contributed by atoms with Gasteiger partial charge in [0.1, 0.15) is 5.82 Å². The van der Waals surface area contributed by atoms with Crippen LogP contribution in [0.5, 0.6) is 0 Å². The molecule has 1 aromatic carbocycles. The Labute approximate surface area is 126 Å². The largest absolute Gasteiger partial charge is 0.337 e. The first kappa shape index (κ1) is 14.3. The first-order valence-electron chi connectivity index (χ1n) is 7.77. The van der Waals surface area contributed by atoms with Gasteiger partial charge in [0, 0.05) is 32.0 Å². The predicted octanol–water partition coefficient (Wildman–Crippen LogP) is 2.17. The van der Waals surface area contributed by atoms with Gasteiger partial charge < -0.3 is 9.88 Å². The zero-order chi connectivity index (χ0) is 14.5. The quantitative estimate of drug-likeness (QED) is 0.913. The maximum atomic E-state index is 4.36. The second-order valence-corrected chi connectivity index (χ2v) is 5.87. The second-order valence-electron chi connectivity index (χ2n) is 5.87. The van der Waals surface area contributed by atoms with Crippen LogP contribution in [0.3, 0.4) is 0 Å². The Balaban J connectivity index is 1.42. The Hall–Kier alpha value is -1.65. The molecule has 0 bridgehead atoms. The number of aryl methyl sites for hydroxylation is 1. The molecular weight excluding hydrogens is 260 g/mol. The zero-order valence-electron chi connectivity index (χ0n) is 12.7. The number of likely N-dealkylation sites (tertiary alicyclic amines) is 1. The monoisotopic (exact) mass is 284 g/mol. The van der Waals surface area contributed by atoms with Crippen molar-refractivity contribution >= 4 is 0 Å². The number of hydrogen-bond donors (Lipinski definition) is 1. The summed E-state index contributed by atoms with van der Waals surface area (Å²) in [6, 6.07) is 11.4. The zero-order valence-corrected chi connectivity index (χ0v) is 12.7. The van der Waals surface area contributed by atoms with Crippen LogP contribution in [0, 0.1) is 0 Å². The van der Waals surface area contributed by atoms with Crippen LogP contribution < -0.4 is 5.32 Å². The minimum Gasteiger partial charge on any atom is -0.337 e. The molecule has 0 amide bonds. The van der Waals surface area contributed by atoms with E-state index in [1.807, 2.05) is 19.4 Å². The normalized spacial score (nSPS) is 17.2. The summed E-state index contributed by atoms with van der Waals surface area (Å²) in [4.78, 5) is 6.91. The third-order valence-corrected chi connectivity index (χ3v) is 4.31. The van der Waals surface area contributed by atoms with Gasteiger partial charge in [-0.1, -0.05) is 30.3 Å². The van der Waals surface area contributed by atoms with Gasteiger partial charge in [-0.15, -0.1) is 0 Å². The molecule has 0 radical (unpaired) electrons. The van der Waals surface area contributed by atoms with Crippen LogP contribution in [0.2, 0.25) is 0 Å². The lowest BCUT2D eigenvalue weighted by Crippen LogP contribution is -2.42. The summed E-state index contributed by atoms with van der Waals surface area (Å²) in [6.07, 6.45) is 6.30. The number of hydrogen-bond acceptors (Lipinski definition) is 3. The molecule has 112 valence electrons. The minimum absolute atomic E-state index is 0.619. The molecule has 2 heterocycles. The van der Waals surface area contributed by atoms with Crippen LogP contribution in [-0.2, 0) is 20.1 Å². The highest BCUT2D eigenvalue weighted by atomic mass is 15.1. The van der Waals surface area contributed by atoms with Crippen molar-refractivity contribution in [2.45, 2.75) is 32.0 Å². The summed E-state index contributed by atoms with van der Waals surface area (Å²) in [7, 11) is 2.05. The molecule has 0 spiro atoms. The molecule has 4 nitrogen and oxygen atoms in total. The second kappa shape index (κ2) is 6.87. The highest BCUT2D eigenvalue weighted by molar-refractivity contribution is 5.14. The molecule has 1 aliphatic rings. The third kappa shape index (κ3) is 3.93. The van der Waals surface area contributed by atoms with Crippen molar-refractivity contribution in [2.24, 2.45) is 7.05 Å². The van der Waals surface area contributed by atoms with Gasteiger partial charge in [-0.25, -0.2) is 4.98 Å². The molecule has 4 heteroatoms. The molecule has 0 aliphatic carbocycles. The SMILES string of the molecule is Cn1ccnc1CNC1CCN(Cc2ccccc2)CC1. The minimum atomic E-state index is 0.619. The van der Waals surface area contributed by atoms with Crippen molar-refractivity contribution in [3.8, 4) is 0 Å². The summed E-state index contributed by atoms with van der Waals surface area (Å²) in [6.45, 7) is 4.29. The summed E-state index contributed by atoms with van der Waals surface area (Å²) in [5.74, 6) is 1.11. The van der Waals surface area contributed by atoms with E-state index in [1.54, 1.807) is 0 Å². The van der Waals surface area contributed by atoms with Crippen molar-refractivity contribution in [2.75, 3.05) is 13.1 Å². The number of aromatic nitrogens is 2. The van der Waals surface area contributed by atoms with Crippen LogP contribution in [0.25, 0.3) is 0 Å². The van der Waals surface area contributed by atoms with Crippen molar-refractivity contribution in [1.29, 1.82) is 0 Å². The van der Waals surface area contributed by atoms with E-state index in [9.17, 15) is 0 Å². The lowest BCUT2D eigenvalue weighted by Gasteiger charge is -2.32. The van der Waals surface area contributed by atoms with Gasteiger partial charge in [0.2, 0.25) is 0 Å². The van der Waals surface area contributed by atoms with E-state index in [-0.39, 0.29) is 0 Å². The number of rotatable bonds is 5. The van der Waals surface area contributed by atoms with Crippen molar-refractivity contribution in [3.63, 3.8) is 0 Å². The average molecular weight is 284 g/mol. The predicted molar refractivity (Wildman–Crippen MR) is 84.8 cm³/mol. The number of nitrogens with zero attached hydrogens (tertiary/aromatic N) is 3. The van der Waals surface area contributed by atoms with E-state index >= 15 is 0 Å². The molecule has 1 aromatic heterocycles. The van der Waals surface area contributed by atoms with Crippen molar-refractivity contribution in [1.82, 2.24) is 19.8 Å². The molecule has 1 aliphatic heterocycles. The summed E-state index contributed by atoms with van der Waals surface area (Å²) in [5.41, 5.74) is 1.41. The number of benzene rings is 1. The van der Waals surface area contributed by atoms with Crippen LogP contribution in [0.1, 0.15) is 24.2 Å². The first-order chi connectivity index (χ1) is 10.3. The van der Waals surface area contributed by atoms with Gasteiger partial charge in [-0.05, 0) is 31.5 Å². The van der Waals surface area contributed by atoms with Crippen molar-refractivity contribution < 1.29 is 0 Å². The van der Waals surface area contributed by atoms with E-state index in [4.69, 9.17) is 0 Å².